The van der Waals surface area contributed by atoms with E-state index in [1.807, 2.05) is 32.0 Å². The van der Waals surface area contributed by atoms with Gasteiger partial charge in [-0.15, -0.1) is 0 Å². The van der Waals surface area contributed by atoms with Gasteiger partial charge in [0.05, 0.1) is 7.11 Å². The lowest BCUT2D eigenvalue weighted by atomic mass is 9.95. The van der Waals surface area contributed by atoms with Crippen molar-refractivity contribution >= 4 is 5.78 Å². The van der Waals surface area contributed by atoms with E-state index in [1.54, 1.807) is 14.2 Å². The van der Waals surface area contributed by atoms with Crippen LogP contribution < -0.4 is 4.74 Å². The fourth-order valence-electron chi connectivity index (χ4n) is 1.74. The summed E-state index contributed by atoms with van der Waals surface area (Å²) in [6.45, 7) is 4.48. The number of ether oxygens (including phenoxy) is 2. The van der Waals surface area contributed by atoms with E-state index in [-0.39, 0.29) is 11.7 Å². The molecular weight excluding hydrogens is 216 g/mol. The Hall–Kier alpha value is -1.35. The van der Waals surface area contributed by atoms with Gasteiger partial charge in [0.25, 0.3) is 0 Å². The summed E-state index contributed by atoms with van der Waals surface area (Å²) in [5.41, 5.74) is 1.73. The lowest BCUT2D eigenvalue weighted by Crippen LogP contribution is -2.13. The number of ketones is 1. The minimum Gasteiger partial charge on any atom is -0.496 e. The molecule has 0 spiro atoms. The van der Waals surface area contributed by atoms with Crippen LogP contribution in [0.5, 0.6) is 5.75 Å². The number of hydrogen-bond donors (Lipinski definition) is 0. The third-order valence-electron chi connectivity index (χ3n) is 2.88. The molecule has 3 nitrogen and oxygen atoms in total. The van der Waals surface area contributed by atoms with Crippen molar-refractivity contribution in [3.63, 3.8) is 0 Å². The number of carbonyl (C=O) groups excluding carboxylic acids is 1. The van der Waals surface area contributed by atoms with Crippen LogP contribution in [0.3, 0.4) is 0 Å². The highest BCUT2D eigenvalue weighted by molar-refractivity contribution is 5.97. The van der Waals surface area contributed by atoms with Crippen molar-refractivity contribution in [3.05, 3.63) is 29.3 Å². The second-order valence-electron chi connectivity index (χ2n) is 4.23. The topological polar surface area (TPSA) is 35.5 Å². The van der Waals surface area contributed by atoms with Gasteiger partial charge in [0, 0.05) is 25.2 Å². The number of Topliss-reactive ketones (excluding diaryl/α,β-unsaturated/α-hetero) is 1. The zero-order valence-electron chi connectivity index (χ0n) is 10.9. The van der Waals surface area contributed by atoms with Gasteiger partial charge in [-0.05, 0) is 37.1 Å². The Bertz CT molecular complexity index is 385. The molecule has 0 fully saturated rings. The quantitative estimate of drug-likeness (QED) is 0.712. The molecule has 3 heteroatoms. The van der Waals surface area contributed by atoms with E-state index in [0.717, 1.165) is 23.3 Å². The molecule has 0 aromatic heterocycles. The van der Waals surface area contributed by atoms with Gasteiger partial charge in [0.1, 0.15) is 5.75 Å². The predicted octanol–water partition coefficient (Wildman–Crippen LogP) is 2.86. The van der Waals surface area contributed by atoms with E-state index >= 15 is 0 Å². The first-order valence-electron chi connectivity index (χ1n) is 5.78. The number of benzene rings is 1. The minimum atomic E-state index is -0.0113. The monoisotopic (exact) mass is 236 g/mol. The Morgan fingerprint density at radius 3 is 2.59 bits per heavy atom. The average molecular weight is 236 g/mol. The largest absolute Gasteiger partial charge is 0.496 e. The van der Waals surface area contributed by atoms with Crippen LogP contribution in [0.2, 0.25) is 0 Å². The molecule has 0 aliphatic rings. The lowest BCUT2D eigenvalue weighted by Gasteiger charge is -2.11. The van der Waals surface area contributed by atoms with Crippen molar-refractivity contribution < 1.29 is 14.3 Å². The fourth-order valence-corrected chi connectivity index (χ4v) is 1.74. The highest BCUT2D eigenvalue weighted by atomic mass is 16.5. The number of rotatable bonds is 6. The summed E-state index contributed by atoms with van der Waals surface area (Å²) in [5, 5.41) is 0. The summed E-state index contributed by atoms with van der Waals surface area (Å²) in [6, 6.07) is 5.54. The van der Waals surface area contributed by atoms with E-state index in [2.05, 4.69) is 0 Å². The van der Waals surface area contributed by atoms with Crippen LogP contribution in [0.4, 0.5) is 0 Å². The van der Waals surface area contributed by atoms with Gasteiger partial charge in [-0.3, -0.25) is 4.79 Å². The van der Waals surface area contributed by atoms with Gasteiger partial charge < -0.3 is 9.47 Å². The summed E-state index contributed by atoms with van der Waals surface area (Å²) in [4.78, 5) is 12.1. The number of aryl methyl sites for hydroxylation is 1. The molecule has 0 saturated heterocycles. The standard InChI is InChI=1S/C14H20O3/c1-10(7-8-16-3)14(15)12-5-6-13(17-4)11(2)9-12/h5-6,9-10H,7-8H2,1-4H3. The molecule has 0 radical (unpaired) electrons. The zero-order chi connectivity index (χ0) is 12.8. The van der Waals surface area contributed by atoms with Crippen LogP contribution in [0.1, 0.15) is 29.3 Å². The van der Waals surface area contributed by atoms with E-state index < -0.39 is 0 Å². The van der Waals surface area contributed by atoms with Crippen LogP contribution >= 0.6 is 0 Å². The first-order chi connectivity index (χ1) is 8.10. The third-order valence-corrected chi connectivity index (χ3v) is 2.88. The number of methoxy groups -OCH3 is 2. The SMILES string of the molecule is COCCC(C)C(=O)c1ccc(OC)c(C)c1. The van der Waals surface area contributed by atoms with Crippen LogP contribution in [-0.4, -0.2) is 26.6 Å². The second kappa shape index (κ2) is 6.40. The maximum absolute atomic E-state index is 12.1. The molecule has 0 N–H and O–H groups in total. The molecule has 1 unspecified atom stereocenters. The molecule has 94 valence electrons. The molecule has 1 aromatic carbocycles. The number of hydrogen-bond acceptors (Lipinski definition) is 3. The summed E-state index contributed by atoms with van der Waals surface area (Å²) < 4.78 is 10.2. The molecule has 1 aromatic rings. The van der Waals surface area contributed by atoms with Crippen molar-refractivity contribution in [1.29, 1.82) is 0 Å². The second-order valence-corrected chi connectivity index (χ2v) is 4.23. The number of carbonyl (C=O) groups is 1. The maximum atomic E-state index is 12.1. The van der Waals surface area contributed by atoms with Crippen LogP contribution in [0.25, 0.3) is 0 Å². The Balaban J connectivity index is 2.78. The van der Waals surface area contributed by atoms with Crippen molar-refractivity contribution in [2.75, 3.05) is 20.8 Å². The summed E-state index contributed by atoms with van der Waals surface area (Å²) in [7, 11) is 3.28. The van der Waals surface area contributed by atoms with E-state index in [4.69, 9.17) is 9.47 Å². The van der Waals surface area contributed by atoms with Crippen molar-refractivity contribution in [2.24, 2.45) is 5.92 Å². The van der Waals surface area contributed by atoms with Crippen LogP contribution in [0, 0.1) is 12.8 Å². The molecule has 17 heavy (non-hydrogen) atoms. The Morgan fingerprint density at radius 1 is 1.35 bits per heavy atom. The Morgan fingerprint density at radius 2 is 2.06 bits per heavy atom. The average Bonchev–Trinajstić information content (AvgIpc) is 2.34. The lowest BCUT2D eigenvalue weighted by molar-refractivity contribution is 0.0893. The normalized spacial score (nSPS) is 12.2. The van der Waals surface area contributed by atoms with Crippen LogP contribution in [-0.2, 0) is 4.74 Å². The fraction of sp³-hybridized carbons (Fsp3) is 0.500. The first kappa shape index (κ1) is 13.7. The molecule has 1 rings (SSSR count). The van der Waals surface area contributed by atoms with E-state index in [1.165, 1.54) is 0 Å². The predicted molar refractivity (Wildman–Crippen MR) is 67.7 cm³/mol. The maximum Gasteiger partial charge on any atom is 0.165 e. The van der Waals surface area contributed by atoms with Crippen molar-refractivity contribution in [1.82, 2.24) is 0 Å². The van der Waals surface area contributed by atoms with E-state index in [9.17, 15) is 4.79 Å². The molecule has 0 amide bonds. The zero-order valence-corrected chi connectivity index (χ0v) is 10.9. The van der Waals surface area contributed by atoms with Gasteiger partial charge in [0.15, 0.2) is 5.78 Å². The van der Waals surface area contributed by atoms with Gasteiger partial charge in [-0.25, -0.2) is 0 Å². The molecule has 0 bridgehead atoms. The van der Waals surface area contributed by atoms with E-state index in [0.29, 0.717) is 6.61 Å². The minimum absolute atomic E-state index is 0.0113. The van der Waals surface area contributed by atoms with Gasteiger partial charge in [-0.1, -0.05) is 6.92 Å². The summed E-state index contributed by atoms with van der Waals surface area (Å²) in [5.74, 6) is 0.960. The van der Waals surface area contributed by atoms with Crippen molar-refractivity contribution in [3.8, 4) is 5.75 Å². The third kappa shape index (κ3) is 3.56. The molecular formula is C14H20O3. The molecule has 0 heterocycles. The highest BCUT2D eigenvalue weighted by Crippen LogP contribution is 2.21. The smallest absolute Gasteiger partial charge is 0.165 e. The van der Waals surface area contributed by atoms with Gasteiger partial charge in [0.2, 0.25) is 0 Å². The van der Waals surface area contributed by atoms with Crippen molar-refractivity contribution in [2.45, 2.75) is 20.3 Å². The van der Waals surface area contributed by atoms with Gasteiger partial charge >= 0.3 is 0 Å². The summed E-state index contributed by atoms with van der Waals surface area (Å²) >= 11 is 0. The Kier molecular flexibility index (Phi) is 5.16. The Labute approximate surface area is 103 Å². The molecule has 0 aliphatic carbocycles. The molecule has 1 atom stereocenters. The molecule has 0 saturated carbocycles. The summed E-state index contributed by atoms with van der Waals surface area (Å²) in [6.07, 6.45) is 0.750. The van der Waals surface area contributed by atoms with Gasteiger partial charge in [-0.2, -0.15) is 0 Å². The van der Waals surface area contributed by atoms with Crippen LogP contribution in [0.15, 0.2) is 18.2 Å². The molecule has 0 aliphatic heterocycles. The first-order valence-corrected chi connectivity index (χ1v) is 5.78. The highest BCUT2D eigenvalue weighted by Gasteiger charge is 2.15.